The van der Waals surface area contributed by atoms with Gasteiger partial charge in [0, 0.05) is 11.1 Å². The smallest absolute Gasteiger partial charge is 0.278 e. The summed E-state index contributed by atoms with van der Waals surface area (Å²) in [5.41, 5.74) is 4.66. The molecule has 0 aliphatic rings. The minimum atomic E-state index is -0.429. The second-order valence-electron chi connectivity index (χ2n) is 8.53. The van der Waals surface area contributed by atoms with Crippen molar-refractivity contribution in [3.63, 3.8) is 0 Å². The van der Waals surface area contributed by atoms with E-state index in [1.165, 1.54) is 23.0 Å². The first-order valence-corrected chi connectivity index (χ1v) is 11.0. The van der Waals surface area contributed by atoms with Crippen molar-refractivity contribution in [2.75, 3.05) is 5.32 Å². The van der Waals surface area contributed by atoms with Crippen molar-refractivity contribution < 1.29 is 9.18 Å². The molecule has 3 aromatic carbocycles. The first-order valence-electron chi connectivity index (χ1n) is 11.0. The first-order chi connectivity index (χ1) is 16.4. The molecule has 1 N–H and O–H groups in total. The average molecular weight is 455 g/mol. The van der Waals surface area contributed by atoms with Crippen LogP contribution in [0.5, 0.6) is 0 Å². The monoisotopic (exact) mass is 454 g/mol. The molecule has 6 nitrogen and oxygen atoms in total. The predicted octanol–water partition coefficient (Wildman–Crippen LogP) is 4.79. The first kappa shape index (κ1) is 21.6. The molecule has 0 saturated carbocycles. The largest absolute Gasteiger partial charge is 0.325 e. The molecule has 2 aromatic heterocycles. The highest BCUT2D eigenvalue weighted by atomic mass is 19.1. The van der Waals surface area contributed by atoms with Gasteiger partial charge >= 0.3 is 0 Å². The second kappa shape index (κ2) is 8.59. The summed E-state index contributed by atoms with van der Waals surface area (Å²) in [6.07, 6.45) is 1.47. The third-order valence-corrected chi connectivity index (χ3v) is 5.79. The highest BCUT2D eigenvalue weighted by Crippen LogP contribution is 2.26. The van der Waals surface area contributed by atoms with Gasteiger partial charge in [0.1, 0.15) is 23.4 Å². The van der Waals surface area contributed by atoms with E-state index in [0.717, 1.165) is 16.7 Å². The fourth-order valence-corrected chi connectivity index (χ4v) is 4.42. The summed E-state index contributed by atoms with van der Waals surface area (Å²) in [7, 11) is 0. The number of nitrogens with one attached hydrogen (secondary N) is 1. The molecular weight excluding hydrogens is 431 g/mol. The lowest BCUT2D eigenvalue weighted by Crippen LogP contribution is -2.25. The summed E-state index contributed by atoms with van der Waals surface area (Å²) >= 11 is 0. The van der Waals surface area contributed by atoms with Crippen LogP contribution in [0, 0.1) is 19.7 Å². The third-order valence-electron chi connectivity index (χ3n) is 5.79. The van der Waals surface area contributed by atoms with Crippen LogP contribution in [0.4, 0.5) is 10.1 Å². The van der Waals surface area contributed by atoms with E-state index in [1.807, 2.05) is 62.4 Å². The summed E-state index contributed by atoms with van der Waals surface area (Å²) in [6.45, 7) is 4.16. The van der Waals surface area contributed by atoms with Crippen LogP contribution in [0.25, 0.3) is 21.9 Å². The zero-order valence-electron chi connectivity index (χ0n) is 18.9. The van der Waals surface area contributed by atoms with E-state index in [1.54, 1.807) is 10.6 Å². The zero-order valence-corrected chi connectivity index (χ0v) is 18.9. The van der Waals surface area contributed by atoms with E-state index in [0.29, 0.717) is 28.7 Å². The minimum absolute atomic E-state index is 0.106. The van der Waals surface area contributed by atoms with Crippen LogP contribution in [-0.2, 0) is 17.9 Å². The summed E-state index contributed by atoms with van der Waals surface area (Å²) < 4.78 is 17.2. The topological polar surface area (TPSA) is 68.9 Å². The highest BCUT2D eigenvalue weighted by molar-refractivity contribution is 6.06. The van der Waals surface area contributed by atoms with Crippen molar-refractivity contribution in [2.24, 2.45) is 0 Å². The number of rotatable bonds is 5. The van der Waals surface area contributed by atoms with Gasteiger partial charge in [0.25, 0.3) is 5.56 Å². The number of aryl methyl sites for hydroxylation is 2. The van der Waals surface area contributed by atoms with Gasteiger partial charge in [-0.15, -0.1) is 0 Å². The van der Waals surface area contributed by atoms with E-state index in [4.69, 9.17) is 0 Å². The Hall–Kier alpha value is -4.26. The maximum absolute atomic E-state index is 14.1. The number of anilines is 1. The van der Waals surface area contributed by atoms with Crippen LogP contribution >= 0.6 is 0 Å². The number of fused-ring (bicyclic) bond motifs is 3. The molecule has 1 amide bonds. The fraction of sp³-hybridized carbons (Fsp3) is 0.148. The quantitative estimate of drug-likeness (QED) is 0.415. The molecule has 5 aromatic rings. The van der Waals surface area contributed by atoms with Gasteiger partial charge in [-0.2, -0.15) is 0 Å². The molecule has 0 unspecified atom stereocenters. The molecule has 0 saturated heterocycles. The van der Waals surface area contributed by atoms with Crippen LogP contribution in [0.1, 0.15) is 16.7 Å². The van der Waals surface area contributed by atoms with E-state index in [2.05, 4.69) is 10.3 Å². The summed E-state index contributed by atoms with van der Waals surface area (Å²) in [5.74, 6) is -0.715. The molecule has 170 valence electrons. The Morgan fingerprint density at radius 1 is 1.00 bits per heavy atom. The molecule has 0 atom stereocenters. The molecule has 34 heavy (non-hydrogen) atoms. The summed E-state index contributed by atoms with van der Waals surface area (Å²) in [4.78, 5) is 31.0. The van der Waals surface area contributed by atoms with Gasteiger partial charge in [0.15, 0.2) is 0 Å². The van der Waals surface area contributed by atoms with Crippen LogP contribution in [0.3, 0.4) is 0 Å². The van der Waals surface area contributed by atoms with E-state index in [-0.39, 0.29) is 23.5 Å². The molecule has 0 bridgehead atoms. The number of amides is 1. The molecule has 0 aliphatic carbocycles. The van der Waals surface area contributed by atoms with Crippen molar-refractivity contribution in [1.82, 2.24) is 14.1 Å². The highest BCUT2D eigenvalue weighted by Gasteiger charge is 2.19. The molecule has 2 heterocycles. The zero-order chi connectivity index (χ0) is 23.8. The number of nitrogens with zero attached hydrogens (tertiary/aromatic N) is 3. The van der Waals surface area contributed by atoms with Gasteiger partial charge in [-0.3, -0.25) is 14.2 Å². The van der Waals surface area contributed by atoms with Gasteiger partial charge < -0.3 is 9.88 Å². The molecule has 0 spiro atoms. The summed E-state index contributed by atoms with van der Waals surface area (Å²) in [5, 5.41) is 3.41. The van der Waals surface area contributed by atoms with Gasteiger partial charge in [0.05, 0.1) is 18.4 Å². The lowest BCUT2D eigenvalue weighted by atomic mass is 10.1. The Morgan fingerprint density at radius 3 is 2.47 bits per heavy atom. The average Bonchev–Trinajstić information content (AvgIpc) is 3.08. The molecule has 0 aliphatic heterocycles. The van der Waals surface area contributed by atoms with E-state index >= 15 is 0 Å². The normalized spacial score (nSPS) is 11.3. The lowest BCUT2D eigenvalue weighted by molar-refractivity contribution is -0.116. The predicted molar refractivity (Wildman–Crippen MR) is 132 cm³/mol. The maximum atomic E-state index is 14.1. The Bertz CT molecular complexity index is 1580. The molecule has 0 radical (unpaired) electrons. The number of aromatic nitrogens is 3. The number of carbonyl (C=O) groups is 1. The number of carbonyl (C=O) groups excluding carboxylic acids is 1. The van der Waals surface area contributed by atoms with Crippen LogP contribution in [-0.4, -0.2) is 20.0 Å². The van der Waals surface area contributed by atoms with Crippen molar-refractivity contribution in [3.8, 4) is 0 Å². The summed E-state index contributed by atoms with van der Waals surface area (Å²) in [6, 6.07) is 19.6. The Morgan fingerprint density at radius 2 is 1.74 bits per heavy atom. The fourth-order valence-electron chi connectivity index (χ4n) is 4.42. The van der Waals surface area contributed by atoms with Crippen LogP contribution in [0.2, 0.25) is 0 Å². The third kappa shape index (κ3) is 4.08. The van der Waals surface area contributed by atoms with Gasteiger partial charge in [-0.05, 0) is 60.9 Å². The second-order valence-corrected chi connectivity index (χ2v) is 8.53. The van der Waals surface area contributed by atoms with Gasteiger partial charge in [0.2, 0.25) is 5.91 Å². The molecule has 0 fully saturated rings. The minimum Gasteiger partial charge on any atom is -0.325 e. The number of halogens is 1. The van der Waals surface area contributed by atoms with Crippen molar-refractivity contribution in [1.29, 1.82) is 0 Å². The number of hydrogen-bond donors (Lipinski definition) is 1. The van der Waals surface area contributed by atoms with Crippen molar-refractivity contribution in [3.05, 3.63) is 106 Å². The molecule has 5 rings (SSSR count). The van der Waals surface area contributed by atoms with Gasteiger partial charge in [-0.25, -0.2) is 9.37 Å². The van der Waals surface area contributed by atoms with Crippen molar-refractivity contribution >= 4 is 33.5 Å². The standard InChI is InChI=1S/C27H23FN4O2/c1-17-10-18(2)12-21(11-17)30-24(33)15-32-23-9-8-20(28)13-22(23)25-26(32)27(34)31(16-29-25)14-19-6-4-3-5-7-19/h3-13,16H,14-15H2,1-2H3,(H,30,33). The van der Waals surface area contributed by atoms with Crippen LogP contribution in [0.15, 0.2) is 77.9 Å². The van der Waals surface area contributed by atoms with Crippen molar-refractivity contribution in [2.45, 2.75) is 26.9 Å². The number of benzene rings is 3. The Labute approximate surface area is 195 Å². The maximum Gasteiger partial charge on any atom is 0.278 e. The SMILES string of the molecule is Cc1cc(C)cc(NC(=O)Cn2c3ccc(F)cc3c3ncn(Cc4ccccc4)c(=O)c32)c1. The molecule has 7 heteroatoms. The molecular formula is C27H23FN4O2. The number of hydrogen-bond acceptors (Lipinski definition) is 3. The Kier molecular flexibility index (Phi) is 5.45. The van der Waals surface area contributed by atoms with E-state index < -0.39 is 5.82 Å². The lowest BCUT2D eigenvalue weighted by Gasteiger charge is -2.11. The van der Waals surface area contributed by atoms with Gasteiger partial charge in [-0.1, -0.05) is 36.4 Å². The van der Waals surface area contributed by atoms with E-state index in [9.17, 15) is 14.0 Å². The van der Waals surface area contributed by atoms with Crippen LogP contribution < -0.4 is 10.9 Å². The Balaban J connectivity index is 1.60.